The van der Waals surface area contributed by atoms with Crippen molar-refractivity contribution >= 4 is 12.0 Å². The van der Waals surface area contributed by atoms with E-state index in [9.17, 15) is 4.79 Å². The molecule has 1 fully saturated rings. The average Bonchev–Trinajstić information content (AvgIpc) is 2.53. The highest BCUT2D eigenvalue weighted by Gasteiger charge is 2.20. The molecule has 21 heavy (non-hydrogen) atoms. The number of aliphatic hydroxyl groups is 1. The fourth-order valence-electron chi connectivity index (χ4n) is 2.85. The third-order valence-corrected chi connectivity index (χ3v) is 3.93. The van der Waals surface area contributed by atoms with Gasteiger partial charge >= 0.3 is 0 Å². The van der Waals surface area contributed by atoms with Gasteiger partial charge in [-0.1, -0.05) is 36.9 Å². The Morgan fingerprint density at radius 3 is 3.14 bits per heavy atom. The van der Waals surface area contributed by atoms with Gasteiger partial charge in [0.25, 0.3) is 0 Å². The third-order valence-electron chi connectivity index (χ3n) is 3.93. The van der Waals surface area contributed by atoms with E-state index in [1.165, 1.54) is 5.56 Å². The van der Waals surface area contributed by atoms with Crippen molar-refractivity contribution in [3.8, 4) is 0 Å². The average molecular weight is 288 g/mol. The number of carbonyl (C=O) groups is 1. The second-order valence-electron chi connectivity index (χ2n) is 5.65. The number of piperidine rings is 1. The number of nitrogens with one attached hydrogen (secondary N) is 1. The molecule has 1 heterocycles. The maximum atomic E-state index is 11.1. The fraction of sp³-hybridized carbons (Fsp3) is 0.471. The number of aliphatic hydroxyl groups excluding tert-OH is 1. The van der Waals surface area contributed by atoms with Gasteiger partial charge in [0.1, 0.15) is 6.61 Å². The second kappa shape index (κ2) is 7.96. The van der Waals surface area contributed by atoms with Crippen LogP contribution in [0.2, 0.25) is 0 Å². The summed E-state index contributed by atoms with van der Waals surface area (Å²) in [5, 5.41) is 11.5. The summed E-state index contributed by atoms with van der Waals surface area (Å²) in [5.41, 5.74) is 2.45. The fourth-order valence-corrected chi connectivity index (χ4v) is 2.85. The lowest BCUT2D eigenvalue weighted by Gasteiger charge is -2.32. The Kier molecular flexibility index (Phi) is 5.96. The van der Waals surface area contributed by atoms with Crippen LogP contribution in [0.15, 0.2) is 30.8 Å². The van der Waals surface area contributed by atoms with Gasteiger partial charge in [0.2, 0.25) is 5.91 Å². The molecule has 1 saturated heterocycles. The number of hydrogen-bond donors (Lipinski definition) is 2. The van der Waals surface area contributed by atoms with Crippen LogP contribution in [0, 0.1) is 5.92 Å². The third kappa shape index (κ3) is 4.99. The summed E-state index contributed by atoms with van der Waals surface area (Å²) in [6, 6.07) is 8.43. The largest absolute Gasteiger partial charge is 0.387 e. The molecular weight excluding hydrogens is 264 g/mol. The molecule has 1 unspecified atom stereocenters. The van der Waals surface area contributed by atoms with Crippen LogP contribution in [-0.4, -0.2) is 42.2 Å². The highest BCUT2D eigenvalue weighted by molar-refractivity contribution is 5.76. The van der Waals surface area contributed by atoms with Gasteiger partial charge in [-0.05, 0) is 36.4 Å². The van der Waals surface area contributed by atoms with Gasteiger partial charge < -0.3 is 10.4 Å². The van der Waals surface area contributed by atoms with Gasteiger partial charge in [-0.15, -0.1) is 0 Å². The lowest BCUT2D eigenvalue weighted by atomic mass is 9.97. The van der Waals surface area contributed by atoms with E-state index in [0.29, 0.717) is 12.5 Å². The number of carbonyl (C=O) groups excluding carboxylic acids is 1. The number of likely N-dealkylation sites (tertiary alicyclic amines) is 1. The maximum Gasteiger partial charge on any atom is 0.245 e. The number of nitrogens with zero attached hydrogens (tertiary/aromatic N) is 1. The zero-order valence-corrected chi connectivity index (χ0v) is 12.4. The standard InChI is InChI=1S/C17H24N2O2/c1-2-14-5-3-6-15(9-14)11-19-8-4-7-16(12-19)10-18-17(21)13-20/h2-3,5-6,9,16,20H,1,4,7-8,10-13H2,(H,18,21). The lowest BCUT2D eigenvalue weighted by Crippen LogP contribution is -2.41. The van der Waals surface area contributed by atoms with E-state index in [0.717, 1.165) is 38.0 Å². The van der Waals surface area contributed by atoms with Crippen LogP contribution >= 0.6 is 0 Å². The number of benzene rings is 1. The van der Waals surface area contributed by atoms with Crippen LogP contribution < -0.4 is 5.32 Å². The van der Waals surface area contributed by atoms with Crippen molar-refractivity contribution in [3.05, 3.63) is 42.0 Å². The minimum Gasteiger partial charge on any atom is -0.387 e. The summed E-state index contributed by atoms with van der Waals surface area (Å²) in [7, 11) is 0. The van der Waals surface area contributed by atoms with Gasteiger partial charge in [0.05, 0.1) is 0 Å². The molecule has 1 amide bonds. The Bertz CT molecular complexity index is 487. The van der Waals surface area contributed by atoms with Gasteiger partial charge in [0, 0.05) is 19.6 Å². The first-order chi connectivity index (χ1) is 10.2. The van der Waals surface area contributed by atoms with E-state index in [1.807, 2.05) is 6.08 Å². The molecule has 0 bridgehead atoms. The van der Waals surface area contributed by atoms with Crippen molar-refractivity contribution < 1.29 is 9.90 Å². The van der Waals surface area contributed by atoms with Crippen molar-refractivity contribution in [3.63, 3.8) is 0 Å². The molecule has 1 aromatic rings. The molecule has 0 radical (unpaired) electrons. The Labute approximate surface area is 126 Å². The van der Waals surface area contributed by atoms with Crippen LogP contribution in [0.25, 0.3) is 6.08 Å². The van der Waals surface area contributed by atoms with Crippen LogP contribution in [0.1, 0.15) is 24.0 Å². The van der Waals surface area contributed by atoms with E-state index < -0.39 is 6.61 Å². The number of hydrogen-bond acceptors (Lipinski definition) is 3. The smallest absolute Gasteiger partial charge is 0.245 e. The Hall–Kier alpha value is -1.65. The quantitative estimate of drug-likeness (QED) is 0.837. The first kappa shape index (κ1) is 15.7. The Balaban J connectivity index is 1.85. The van der Waals surface area contributed by atoms with Crippen molar-refractivity contribution in [2.45, 2.75) is 19.4 Å². The van der Waals surface area contributed by atoms with Crippen LogP contribution in [0.3, 0.4) is 0 Å². The van der Waals surface area contributed by atoms with Crippen molar-refractivity contribution in [1.29, 1.82) is 0 Å². The number of rotatable bonds is 6. The topological polar surface area (TPSA) is 52.6 Å². The number of amides is 1. The highest BCUT2D eigenvalue weighted by Crippen LogP contribution is 2.18. The van der Waals surface area contributed by atoms with E-state index >= 15 is 0 Å². The first-order valence-electron chi connectivity index (χ1n) is 7.52. The molecule has 2 rings (SSSR count). The second-order valence-corrected chi connectivity index (χ2v) is 5.65. The van der Waals surface area contributed by atoms with E-state index in [-0.39, 0.29) is 5.91 Å². The summed E-state index contributed by atoms with van der Waals surface area (Å²) in [5.74, 6) is 0.183. The lowest BCUT2D eigenvalue weighted by molar-refractivity contribution is -0.124. The first-order valence-corrected chi connectivity index (χ1v) is 7.52. The molecule has 4 nitrogen and oxygen atoms in total. The van der Waals surface area contributed by atoms with Crippen LogP contribution in [-0.2, 0) is 11.3 Å². The molecule has 1 atom stereocenters. The molecule has 1 aliphatic rings. The molecule has 114 valence electrons. The molecule has 1 aliphatic heterocycles. The van der Waals surface area contributed by atoms with E-state index in [4.69, 9.17) is 5.11 Å². The monoisotopic (exact) mass is 288 g/mol. The molecule has 0 aromatic heterocycles. The molecule has 0 saturated carbocycles. The Morgan fingerprint density at radius 2 is 2.38 bits per heavy atom. The molecule has 4 heteroatoms. The maximum absolute atomic E-state index is 11.1. The zero-order chi connectivity index (χ0) is 15.1. The summed E-state index contributed by atoms with van der Waals surface area (Å²) >= 11 is 0. The molecule has 2 N–H and O–H groups in total. The molecule has 1 aromatic carbocycles. The predicted molar refractivity (Wildman–Crippen MR) is 84.6 cm³/mol. The van der Waals surface area contributed by atoms with Gasteiger partial charge in [-0.2, -0.15) is 0 Å². The SMILES string of the molecule is C=Cc1cccc(CN2CCCC(CNC(=O)CO)C2)c1. The van der Waals surface area contributed by atoms with Crippen molar-refractivity contribution in [2.75, 3.05) is 26.2 Å². The van der Waals surface area contributed by atoms with Gasteiger partial charge in [-0.3, -0.25) is 9.69 Å². The summed E-state index contributed by atoms with van der Waals surface area (Å²) < 4.78 is 0. The minimum absolute atomic E-state index is 0.286. The predicted octanol–water partition coefficient (Wildman–Crippen LogP) is 1.65. The zero-order valence-electron chi connectivity index (χ0n) is 12.4. The van der Waals surface area contributed by atoms with Gasteiger partial charge in [0.15, 0.2) is 0 Å². The van der Waals surface area contributed by atoms with E-state index in [1.54, 1.807) is 0 Å². The van der Waals surface area contributed by atoms with E-state index in [2.05, 4.69) is 41.1 Å². The summed E-state index contributed by atoms with van der Waals surface area (Å²) in [6.07, 6.45) is 4.16. The van der Waals surface area contributed by atoms with Crippen molar-refractivity contribution in [1.82, 2.24) is 10.2 Å². The van der Waals surface area contributed by atoms with Gasteiger partial charge in [-0.25, -0.2) is 0 Å². The molecule has 0 aliphatic carbocycles. The normalized spacial score (nSPS) is 19.2. The summed E-state index contributed by atoms with van der Waals surface area (Å²) in [6.45, 7) is 7.06. The molecular formula is C17H24N2O2. The van der Waals surface area contributed by atoms with Crippen molar-refractivity contribution in [2.24, 2.45) is 5.92 Å². The Morgan fingerprint density at radius 1 is 1.52 bits per heavy atom. The summed E-state index contributed by atoms with van der Waals surface area (Å²) in [4.78, 5) is 13.5. The van der Waals surface area contributed by atoms with Crippen LogP contribution in [0.4, 0.5) is 0 Å². The highest BCUT2D eigenvalue weighted by atomic mass is 16.3. The minimum atomic E-state index is -0.426. The van der Waals surface area contributed by atoms with Crippen LogP contribution in [0.5, 0.6) is 0 Å². The molecule has 0 spiro atoms.